The van der Waals surface area contributed by atoms with Gasteiger partial charge in [-0.3, -0.25) is 9.69 Å². The third-order valence-electron chi connectivity index (χ3n) is 2.68. The summed E-state index contributed by atoms with van der Waals surface area (Å²) in [5.41, 5.74) is 0.733. The van der Waals surface area contributed by atoms with Gasteiger partial charge in [0.05, 0.1) is 12.2 Å². The van der Waals surface area contributed by atoms with Crippen LogP contribution in [0.3, 0.4) is 0 Å². The highest BCUT2D eigenvalue weighted by Gasteiger charge is 2.37. The summed E-state index contributed by atoms with van der Waals surface area (Å²) >= 11 is 0. The Balaban J connectivity index is 2.06. The number of aryl methyl sites for hydroxylation is 1. The SMILES string of the molecule is CCCC1NC(=O)N(Cc2cc(C)no2)C1=O. The average Bonchev–Trinajstić information content (AvgIpc) is 2.79. The topological polar surface area (TPSA) is 75.4 Å². The van der Waals surface area contributed by atoms with Crippen molar-refractivity contribution in [1.82, 2.24) is 15.4 Å². The predicted molar refractivity (Wildman–Crippen MR) is 59.0 cm³/mol. The molecule has 0 spiro atoms. The van der Waals surface area contributed by atoms with Gasteiger partial charge in [-0.25, -0.2) is 4.79 Å². The van der Waals surface area contributed by atoms with Gasteiger partial charge in [0, 0.05) is 6.07 Å². The minimum Gasteiger partial charge on any atom is -0.359 e. The first kappa shape index (κ1) is 11.6. The van der Waals surface area contributed by atoms with Gasteiger partial charge in [-0.2, -0.15) is 0 Å². The normalized spacial score (nSPS) is 19.9. The number of imide groups is 1. The number of amides is 3. The van der Waals surface area contributed by atoms with Crippen molar-refractivity contribution >= 4 is 11.9 Å². The molecule has 1 aliphatic rings. The Morgan fingerprint density at radius 1 is 1.53 bits per heavy atom. The maximum absolute atomic E-state index is 11.9. The maximum atomic E-state index is 11.9. The second-order valence-electron chi connectivity index (χ2n) is 4.15. The molecule has 1 N–H and O–H groups in total. The van der Waals surface area contributed by atoms with Gasteiger partial charge in [-0.05, 0) is 13.3 Å². The third-order valence-corrected chi connectivity index (χ3v) is 2.68. The van der Waals surface area contributed by atoms with Crippen molar-refractivity contribution < 1.29 is 14.1 Å². The Morgan fingerprint density at radius 2 is 2.29 bits per heavy atom. The van der Waals surface area contributed by atoms with E-state index < -0.39 is 6.04 Å². The molecule has 1 fully saturated rings. The fraction of sp³-hybridized carbons (Fsp3) is 0.545. The zero-order chi connectivity index (χ0) is 12.4. The molecule has 3 amide bonds. The number of hydrogen-bond donors (Lipinski definition) is 1. The first-order valence-electron chi connectivity index (χ1n) is 5.66. The molecule has 0 aliphatic carbocycles. The lowest BCUT2D eigenvalue weighted by atomic mass is 10.2. The van der Waals surface area contributed by atoms with Crippen LogP contribution in [0.25, 0.3) is 0 Å². The van der Waals surface area contributed by atoms with Crippen LogP contribution in [-0.2, 0) is 11.3 Å². The molecule has 6 heteroatoms. The Kier molecular flexibility index (Phi) is 3.12. The minimum atomic E-state index is -0.392. The van der Waals surface area contributed by atoms with Crippen LogP contribution in [0.15, 0.2) is 10.6 Å². The van der Waals surface area contributed by atoms with E-state index in [0.717, 1.165) is 12.1 Å². The van der Waals surface area contributed by atoms with E-state index in [4.69, 9.17) is 4.52 Å². The molecule has 0 saturated carbocycles. The van der Waals surface area contributed by atoms with Gasteiger partial charge in [-0.15, -0.1) is 0 Å². The van der Waals surface area contributed by atoms with Crippen LogP contribution in [0.5, 0.6) is 0 Å². The van der Waals surface area contributed by atoms with E-state index in [1.807, 2.05) is 6.92 Å². The molecule has 17 heavy (non-hydrogen) atoms. The van der Waals surface area contributed by atoms with Crippen LogP contribution < -0.4 is 5.32 Å². The van der Waals surface area contributed by atoms with Crippen LogP contribution in [-0.4, -0.2) is 28.0 Å². The number of aromatic nitrogens is 1. The summed E-state index contributed by atoms with van der Waals surface area (Å²) in [7, 11) is 0. The summed E-state index contributed by atoms with van der Waals surface area (Å²) in [6, 6.07) is 0.965. The van der Waals surface area contributed by atoms with Crippen LogP contribution in [0, 0.1) is 6.92 Å². The molecular formula is C11H15N3O3. The molecule has 1 aliphatic heterocycles. The lowest BCUT2D eigenvalue weighted by molar-refractivity contribution is -0.128. The molecule has 0 radical (unpaired) electrons. The fourth-order valence-electron chi connectivity index (χ4n) is 1.86. The number of carbonyl (C=O) groups excluding carboxylic acids is 2. The molecule has 1 aromatic heterocycles. The Morgan fingerprint density at radius 3 is 2.88 bits per heavy atom. The Bertz CT molecular complexity index is 441. The summed E-state index contributed by atoms with van der Waals surface area (Å²) in [5.74, 6) is 0.328. The van der Waals surface area contributed by atoms with Crippen LogP contribution >= 0.6 is 0 Å². The van der Waals surface area contributed by atoms with E-state index in [1.165, 1.54) is 4.90 Å². The zero-order valence-corrected chi connectivity index (χ0v) is 9.90. The van der Waals surface area contributed by atoms with Gasteiger partial charge < -0.3 is 9.84 Å². The second-order valence-corrected chi connectivity index (χ2v) is 4.15. The van der Waals surface area contributed by atoms with E-state index in [-0.39, 0.29) is 18.5 Å². The fourth-order valence-corrected chi connectivity index (χ4v) is 1.86. The molecule has 0 aromatic carbocycles. The molecule has 92 valence electrons. The highest BCUT2D eigenvalue weighted by atomic mass is 16.5. The van der Waals surface area contributed by atoms with Crippen molar-refractivity contribution in [3.63, 3.8) is 0 Å². The first-order valence-corrected chi connectivity index (χ1v) is 5.66. The lowest BCUT2D eigenvalue weighted by Crippen LogP contribution is -2.30. The number of nitrogens with zero attached hydrogens (tertiary/aromatic N) is 2. The highest BCUT2D eigenvalue weighted by Crippen LogP contribution is 2.15. The number of hydrogen-bond acceptors (Lipinski definition) is 4. The van der Waals surface area contributed by atoms with Crippen LogP contribution in [0.4, 0.5) is 4.79 Å². The molecule has 2 rings (SSSR count). The van der Waals surface area contributed by atoms with E-state index >= 15 is 0 Å². The van der Waals surface area contributed by atoms with E-state index in [9.17, 15) is 9.59 Å². The third kappa shape index (κ3) is 2.30. The summed E-state index contributed by atoms with van der Waals surface area (Å²) in [5, 5.41) is 6.38. The van der Waals surface area contributed by atoms with Gasteiger partial charge >= 0.3 is 6.03 Å². The van der Waals surface area contributed by atoms with Crippen molar-refractivity contribution in [3.05, 3.63) is 17.5 Å². The molecule has 6 nitrogen and oxygen atoms in total. The molecule has 1 atom stereocenters. The molecule has 1 saturated heterocycles. The number of urea groups is 1. The van der Waals surface area contributed by atoms with Crippen molar-refractivity contribution in [3.8, 4) is 0 Å². The van der Waals surface area contributed by atoms with E-state index in [1.54, 1.807) is 13.0 Å². The molecule has 0 bridgehead atoms. The van der Waals surface area contributed by atoms with Crippen molar-refractivity contribution in [2.24, 2.45) is 0 Å². The van der Waals surface area contributed by atoms with Crippen molar-refractivity contribution in [2.75, 3.05) is 0 Å². The molecule has 2 heterocycles. The standard InChI is InChI=1S/C11H15N3O3/c1-3-4-9-10(15)14(11(16)12-9)6-8-5-7(2)13-17-8/h5,9H,3-4,6H2,1-2H3,(H,12,16). The maximum Gasteiger partial charge on any atom is 0.325 e. The Hall–Kier alpha value is -1.85. The van der Waals surface area contributed by atoms with Gasteiger partial charge in [0.25, 0.3) is 5.91 Å². The van der Waals surface area contributed by atoms with Gasteiger partial charge in [0.15, 0.2) is 5.76 Å². The summed E-state index contributed by atoms with van der Waals surface area (Å²) in [4.78, 5) is 24.7. The lowest BCUT2D eigenvalue weighted by Gasteiger charge is -2.10. The molecule has 1 aromatic rings. The quantitative estimate of drug-likeness (QED) is 0.798. The average molecular weight is 237 g/mol. The van der Waals surface area contributed by atoms with E-state index in [2.05, 4.69) is 10.5 Å². The minimum absolute atomic E-state index is 0.145. The second kappa shape index (κ2) is 4.57. The van der Waals surface area contributed by atoms with Crippen LogP contribution in [0.1, 0.15) is 31.2 Å². The highest BCUT2D eigenvalue weighted by molar-refractivity contribution is 6.04. The monoisotopic (exact) mass is 237 g/mol. The van der Waals surface area contributed by atoms with Gasteiger partial charge in [0.2, 0.25) is 0 Å². The van der Waals surface area contributed by atoms with Crippen molar-refractivity contribution in [1.29, 1.82) is 0 Å². The molecule has 1 unspecified atom stereocenters. The van der Waals surface area contributed by atoms with E-state index in [0.29, 0.717) is 12.2 Å². The summed E-state index contributed by atoms with van der Waals surface area (Å²) in [6.07, 6.45) is 1.52. The van der Waals surface area contributed by atoms with Crippen molar-refractivity contribution in [2.45, 2.75) is 39.3 Å². The first-order chi connectivity index (χ1) is 8.11. The summed E-state index contributed by atoms with van der Waals surface area (Å²) in [6.45, 7) is 3.91. The largest absolute Gasteiger partial charge is 0.359 e. The molecular weight excluding hydrogens is 222 g/mol. The zero-order valence-electron chi connectivity index (χ0n) is 9.90. The number of rotatable bonds is 4. The van der Waals surface area contributed by atoms with Crippen LogP contribution in [0.2, 0.25) is 0 Å². The van der Waals surface area contributed by atoms with Gasteiger partial charge in [-0.1, -0.05) is 18.5 Å². The number of nitrogens with one attached hydrogen (secondary N) is 1. The smallest absolute Gasteiger partial charge is 0.325 e. The predicted octanol–water partition coefficient (Wildman–Crippen LogP) is 1.20. The van der Waals surface area contributed by atoms with Gasteiger partial charge in [0.1, 0.15) is 6.04 Å². The number of carbonyl (C=O) groups is 2. The summed E-state index contributed by atoms with van der Waals surface area (Å²) < 4.78 is 4.99. The Labute approximate surface area is 98.9 Å².